The van der Waals surface area contributed by atoms with Crippen LogP contribution in [-0.4, -0.2) is 38.3 Å². The van der Waals surface area contributed by atoms with Gasteiger partial charge in [-0.25, -0.2) is 19.9 Å². The van der Waals surface area contributed by atoms with Crippen molar-refractivity contribution in [1.29, 1.82) is 0 Å². The summed E-state index contributed by atoms with van der Waals surface area (Å²) in [5, 5.41) is 11.4. The molecule has 23 rings (SSSR count). The van der Waals surface area contributed by atoms with Crippen molar-refractivity contribution in [3.63, 3.8) is 0 Å². The number of hydrogen-bond donors (Lipinski definition) is 0. The molecule has 1 fully saturated rings. The molecule has 2 aliphatic carbocycles. The van der Waals surface area contributed by atoms with Crippen LogP contribution in [0.5, 0.6) is 0 Å². The van der Waals surface area contributed by atoms with Crippen LogP contribution in [-0.2, 0) is 20.1 Å². The zero-order valence-electron chi connectivity index (χ0n) is 65.2. The fraction of sp³-hybridized carbons (Fsp3) is 0.0727. The topological polar surface area (TPSA) is 70.0 Å². The summed E-state index contributed by atoms with van der Waals surface area (Å²) in [6, 6.07) is 143. The van der Waals surface area contributed by atoms with Gasteiger partial charge < -0.3 is 9.31 Å². The number of pyridine rings is 4. The Morgan fingerprint density at radius 3 is 1.11 bits per heavy atom. The van der Waals surface area contributed by atoms with Gasteiger partial charge in [0.2, 0.25) is 0 Å². The van der Waals surface area contributed by atoms with Gasteiger partial charge in [-0.3, -0.25) is 0 Å². The Kier molecular flexibility index (Phi) is 16.3. The number of aromatic nitrogens is 4. The molecular weight excluding hydrogens is 1420 g/mol. The highest BCUT2D eigenvalue weighted by atomic mass is 16.7. The number of rotatable bonds is 10. The summed E-state index contributed by atoms with van der Waals surface area (Å²) in [4.78, 5) is 21.4. The van der Waals surface area contributed by atoms with Crippen LogP contribution in [0.1, 0.15) is 72.2 Å². The summed E-state index contributed by atoms with van der Waals surface area (Å²) < 4.78 is 12.9. The van der Waals surface area contributed by atoms with E-state index >= 15 is 0 Å². The molecule has 1 aliphatic heterocycles. The molecule has 0 bridgehead atoms. The van der Waals surface area contributed by atoms with Crippen molar-refractivity contribution in [2.75, 3.05) is 0 Å². The lowest BCUT2D eigenvalue weighted by Gasteiger charge is -2.34. The van der Waals surface area contributed by atoms with Crippen LogP contribution in [0.3, 0.4) is 0 Å². The van der Waals surface area contributed by atoms with Gasteiger partial charge in [0, 0.05) is 54.6 Å². The van der Waals surface area contributed by atoms with E-state index in [1.807, 2.05) is 6.07 Å². The first kappa shape index (κ1) is 69.6. The van der Waals surface area contributed by atoms with Crippen molar-refractivity contribution in [1.82, 2.24) is 19.9 Å². The molecule has 3 aliphatic rings. The SMILES string of the molecule is CC1(C)OB(c2cccc(-c3nc4ccccc4c4cc5c(cc34)-c3ccccc3C5(c3ccccc3)c3ccccc3)c2)OC1(C)C.c1ccc(-c2ccc3ccc4ccc(-c5ccc(-c6cccc(-c7nc8ccccc8c8cc9c(cc78)-c7ccccc7C9(c7ccccc7)c7ccccc7)c6)c6ccccc56)nc4c3n2)cc1. The predicted octanol–water partition coefficient (Wildman–Crippen LogP) is 26.4. The fourth-order valence-electron chi connectivity index (χ4n) is 19.3. The Labute approximate surface area is 680 Å². The molecule has 552 valence electrons. The van der Waals surface area contributed by atoms with E-state index in [-0.39, 0.29) is 0 Å². The summed E-state index contributed by atoms with van der Waals surface area (Å²) in [5.74, 6) is 0. The minimum atomic E-state index is -0.501. The normalized spacial score (nSPS) is 14.5. The van der Waals surface area contributed by atoms with E-state index in [4.69, 9.17) is 29.2 Å². The van der Waals surface area contributed by atoms with E-state index < -0.39 is 29.2 Å². The highest BCUT2D eigenvalue weighted by Crippen LogP contribution is 2.60. The van der Waals surface area contributed by atoms with Gasteiger partial charge >= 0.3 is 7.12 Å². The maximum atomic E-state index is 6.46. The average molecular weight is 1500 g/mol. The second-order valence-corrected chi connectivity index (χ2v) is 32.4. The van der Waals surface area contributed by atoms with Crippen LogP contribution in [0.25, 0.3) is 154 Å². The first-order chi connectivity index (χ1) is 57.5. The third-order valence-electron chi connectivity index (χ3n) is 25.5. The Balaban J connectivity index is 0.000000151. The van der Waals surface area contributed by atoms with Crippen molar-refractivity contribution in [3.8, 4) is 78.4 Å². The smallest absolute Gasteiger partial charge is 0.399 e. The van der Waals surface area contributed by atoms with E-state index in [2.05, 4.69) is 416 Å². The van der Waals surface area contributed by atoms with Crippen molar-refractivity contribution >= 4 is 88.5 Å². The van der Waals surface area contributed by atoms with E-state index in [0.29, 0.717) is 0 Å². The van der Waals surface area contributed by atoms with Gasteiger partial charge in [0.1, 0.15) is 0 Å². The Bertz CT molecular complexity index is 7300. The number of benzene rings is 16. The van der Waals surface area contributed by atoms with Crippen LogP contribution in [0, 0.1) is 0 Å². The molecule has 0 amide bonds. The van der Waals surface area contributed by atoms with Gasteiger partial charge in [-0.2, -0.15) is 0 Å². The fourth-order valence-corrected chi connectivity index (χ4v) is 19.3. The molecule has 0 saturated carbocycles. The van der Waals surface area contributed by atoms with Crippen molar-refractivity contribution in [2.45, 2.75) is 49.7 Å². The molecule has 0 atom stereocenters. The molecule has 6 nitrogen and oxygen atoms in total. The van der Waals surface area contributed by atoms with Gasteiger partial charge in [0.05, 0.1) is 66.9 Å². The highest BCUT2D eigenvalue weighted by molar-refractivity contribution is 6.62. The van der Waals surface area contributed by atoms with E-state index in [9.17, 15) is 0 Å². The second-order valence-electron chi connectivity index (χ2n) is 32.4. The predicted molar refractivity (Wildman–Crippen MR) is 484 cm³/mol. The third kappa shape index (κ3) is 11.0. The monoisotopic (exact) mass is 1500 g/mol. The standard InChI is InChI=1S/C66H41N3.C44H36BNO2/c1-4-17-42(18-5-1)60-37-33-43-31-32-44-34-38-62(69-65(44)64(43)67-60)54-36-35-49(50-25-10-11-26-51(50)54)45-19-16-20-46(39-45)63-57-40-56-52-27-12-14-29-58(52)66(47-21-6-2-7-22-47,48-23-8-3-9-24-48)59(56)41-55(57)53-28-13-15-30-61(53)68-63;1-42(2)43(3,4)48-45(47-42)32-21-15-16-29(26-32)41-37-27-36-33-22-11-13-24-38(33)44(30-17-7-5-8-18-30,31-19-9-6-10-20-31)39(36)28-35(37)34-23-12-14-25-40(34)46-41/h1-41H;5-28H,1-4H3. The van der Waals surface area contributed by atoms with Gasteiger partial charge in [0.25, 0.3) is 0 Å². The van der Waals surface area contributed by atoms with E-state index in [0.717, 1.165) is 121 Å². The lowest BCUT2D eigenvalue weighted by Crippen LogP contribution is -2.41. The maximum absolute atomic E-state index is 6.46. The molecule has 0 N–H and O–H groups in total. The first-order valence-corrected chi connectivity index (χ1v) is 40.5. The third-order valence-corrected chi connectivity index (χ3v) is 25.5. The molecule has 0 spiro atoms. The zero-order valence-corrected chi connectivity index (χ0v) is 65.2. The Hall–Kier alpha value is -14.1. The maximum Gasteiger partial charge on any atom is 0.494 e. The Morgan fingerprint density at radius 1 is 0.231 bits per heavy atom. The van der Waals surface area contributed by atoms with Crippen molar-refractivity contribution in [3.05, 3.63) is 439 Å². The molecule has 0 radical (unpaired) electrons. The largest absolute Gasteiger partial charge is 0.494 e. The molecule has 4 aromatic heterocycles. The first-order valence-electron chi connectivity index (χ1n) is 40.5. The van der Waals surface area contributed by atoms with Crippen LogP contribution < -0.4 is 5.46 Å². The number of hydrogen-bond acceptors (Lipinski definition) is 6. The molecule has 5 heterocycles. The molecule has 117 heavy (non-hydrogen) atoms. The number of fused-ring (bicyclic) bond motifs is 16. The summed E-state index contributed by atoms with van der Waals surface area (Å²) in [6.07, 6.45) is 0. The molecule has 1 saturated heterocycles. The number of para-hydroxylation sites is 2. The zero-order chi connectivity index (χ0) is 78.1. The van der Waals surface area contributed by atoms with Crippen LogP contribution >= 0.6 is 0 Å². The van der Waals surface area contributed by atoms with Crippen molar-refractivity contribution in [2.24, 2.45) is 0 Å². The summed E-state index contributed by atoms with van der Waals surface area (Å²) >= 11 is 0. The minimum Gasteiger partial charge on any atom is -0.399 e. The quantitative estimate of drug-likeness (QED) is 0.100. The number of nitrogens with zero attached hydrogens (tertiary/aromatic N) is 4. The minimum absolute atomic E-state index is 0.417. The molecule has 20 aromatic rings. The summed E-state index contributed by atoms with van der Waals surface area (Å²) in [6.45, 7) is 8.38. The molecule has 16 aromatic carbocycles. The molecular formula is C110H77BN4O2. The van der Waals surface area contributed by atoms with Gasteiger partial charge in [-0.1, -0.05) is 340 Å². The Morgan fingerprint density at radius 2 is 0.607 bits per heavy atom. The lowest BCUT2D eigenvalue weighted by molar-refractivity contribution is 0.00578. The summed E-state index contributed by atoms with van der Waals surface area (Å²) in [7, 11) is -0.449. The van der Waals surface area contributed by atoms with E-state index in [1.165, 1.54) is 82.9 Å². The average Bonchev–Trinajstić information content (AvgIpc) is 1.54. The van der Waals surface area contributed by atoms with Crippen LogP contribution in [0.2, 0.25) is 0 Å². The van der Waals surface area contributed by atoms with Gasteiger partial charge in [-0.15, -0.1) is 0 Å². The molecule has 7 heteroatoms. The van der Waals surface area contributed by atoms with E-state index in [1.54, 1.807) is 0 Å². The second kappa shape index (κ2) is 27.3. The van der Waals surface area contributed by atoms with Crippen LogP contribution in [0.4, 0.5) is 0 Å². The van der Waals surface area contributed by atoms with Gasteiger partial charge in [-0.05, 0) is 187 Å². The highest BCUT2D eigenvalue weighted by Gasteiger charge is 2.52. The van der Waals surface area contributed by atoms with Gasteiger partial charge in [0.15, 0.2) is 0 Å². The lowest BCUT2D eigenvalue weighted by atomic mass is 9.67. The van der Waals surface area contributed by atoms with Crippen LogP contribution in [0.15, 0.2) is 394 Å². The summed E-state index contributed by atoms with van der Waals surface area (Å²) in [5.41, 5.74) is 28.5. The molecule has 0 unspecified atom stereocenters. The van der Waals surface area contributed by atoms with Crippen molar-refractivity contribution < 1.29 is 9.31 Å².